The molecule has 0 aliphatic heterocycles. The first-order valence-corrected chi connectivity index (χ1v) is 7.09. The number of pyridine rings is 1. The molecule has 2 rings (SSSR count). The van der Waals surface area contributed by atoms with Crippen molar-refractivity contribution < 1.29 is 19.1 Å². The summed E-state index contributed by atoms with van der Waals surface area (Å²) in [7, 11) is 1.56. The normalized spacial score (nSPS) is 12.1. The number of amides is 1. The van der Waals surface area contributed by atoms with Crippen LogP contribution >= 0.6 is 0 Å². The molecule has 2 N–H and O–H groups in total. The molecule has 0 aromatic carbocycles. The van der Waals surface area contributed by atoms with Crippen LogP contribution < -0.4 is 5.32 Å². The van der Waals surface area contributed by atoms with Crippen LogP contribution in [0.4, 0.5) is 0 Å². The number of furan rings is 1. The monoisotopic (exact) mass is 304 g/mol. The van der Waals surface area contributed by atoms with Gasteiger partial charge in [-0.25, -0.2) is 0 Å². The SMILES string of the molecule is COCc1ccc(C(=O)NCC(CO)Cc2ccccn2)o1. The van der Waals surface area contributed by atoms with Crippen LogP contribution in [-0.2, 0) is 17.8 Å². The minimum atomic E-state index is -0.304. The Morgan fingerprint density at radius 1 is 1.41 bits per heavy atom. The Bertz CT molecular complexity index is 583. The number of rotatable bonds is 8. The van der Waals surface area contributed by atoms with Crippen molar-refractivity contribution in [2.24, 2.45) is 5.92 Å². The van der Waals surface area contributed by atoms with Gasteiger partial charge in [-0.1, -0.05) is 6.07 Å². The van der Waals surface area contributed by atoms with Gasteiger partial charge in [-0.2, -0.15) is 0 Å². The zero-order valence-electron chi connectivity index (χ0n) is 12.5. The molecule has 0 aliphatic rings. The lowest BCUT2D eigenvalue weighted by molar-refractivity contribution is 0.0903. The van der Waals surface area contributed by atoms with Crippen LogP contribution in [0.5, 0.6) is 0 Å². The average molecular weight is 304 g/mol. The Morgan fingerprint density at radius 2 is 2.27 bits per heavy atom. The fraction of sp³-hybridized carbons (Fsp3) is 0.375. The van der Waals surface area contributed by atoms with Crippen LogP contribution in [0, 0.1) is 5.92 Å². The number of aliphatic hydroxyl groups excluding tert-OH is 1. The molecular formula is C16H20N2O4. The van der Waals surface area contributed by atoms with E-state index in [1.807, 2.05) is 18.2 Å². The highest BCUT2D eigenvalue weighted by molar-refractivity contribution is 5.91. The molecule has 0 bridgehead atoms. The highest BCUT2D eigenvalue weighted by Gasteiger charge is 2.14. The molecule has 6 nitrogen and oxygen atoms in total. The van der Waals surface area contributed by atoms with Gasteiger partial charge in [0.25, 0.3) is 5.91 Å². The minimum Gasteiger partial charge on any atom is -0.453 e. The van der Waals surface area contributed by atoms with E-state index in [0.717, 1.165) is 5.69 Å². The van der Waals surface area contributed by atoms with E-state index in [9.17, 15) is 9.90 Å². The van der Waals surface area contributed by atoms with Crippen LogP contribution in [-0.4, -0.2) is 36.3 Å². The third kappa shape index (κ3) is 4.68. The quantitative estimate of drug-likeness (QED) is 0.770. The summed E-state index contributed by atoms with van der Waals surface area (Å²) in [6.07, 6.45) is 2.31. The van der Waals surface area contributed by atoms with Crippen molar-refractivity contribution in [1.29, 1.82) is 0 Å². The molecule has 1 amide bonds. The van der Waals surface area contributed by atoms with E-state index in [1.54, 1.807) is 25.4 Å². The second-order valence-electron chi connectivity index (χ2n) is 4.98. The van der Waals surface area contributed by atoms with Crippen molar-refractivity contribution in [2.75, 3.05) is 20.3 Å². The molecule has 0 aliphatic carbocycles. The molecule has 2 aromatic rings. The van der Waals surface area contributed by atoms with E-state index in [0.29, 0.717) is 25.3 Å². The van der Waals surface area contributed by atoms with Gasteiger partial charge in [-0.3, -0.25) is 9.78 Å². The van der Waals surface area contributed by atoms with Crippen molar-refractivity contribution >= 4 is 5.91 Å². The Balaban J connectivity index is 1.85. The smallest absolute Gasteiger partial charge is 0.287 e. The van der Waals surface area contributed by atoms with Crippen molar-refractivity contribution in [1.82, 2.24) is 10.3 Å². The van der Waals surface area contributed by atoms with Crippen molar-refractivity contribution in [2.45, 2.75) is 13.0 Å². The highest BCUT2D eigenvalue weighted by Crippen LogP contribution is 2.10. The van der Waals surface area contributed by atoms with Crippen LogP contribution in [0.1, 0.15) is 22.0 Å². The second kappa shape index (κ2) is 8.31. The molecule has 2 aromatic heterocycles. The third-order valence-electron chi connectivity index (χ3n) is 3.21. The molecule has 0 saturated heterocycles. The molecular weight excluding hydrogens is 284 g/mol. The number of ether oxygens (including phenoxy) is 1. The lowest BCUT2D eigenvalue weighted by atomic mass is 10.0. The molecule has 2 heterocycles. The Morgan fingerprint density at radius 3 is 2.95 bits per heavy atom. The summed E-state index contributed by atoms with van der Waals surface area (Å²) in [6.45, 7) is 0.655. The maximum Gasteiger partial charge on any atom is 0.287 e. The van der Waals surface area contributed by atoms with Gasteiger partial charge in [0, 0.05) is 38.1 Å². The van der Waals surface area contributed by atoms with E-state index in [2.05, 4.69) is 10.3 Å². The largest absolute Gasteiger partial charge is 0.453 e. The Kier molecular flexibility index (Phi) is 6.12. The first kappa shape index (κ1) is 16.2. The number of aliphatic hydroxyl groups is 1. The average Bonchev–Trinajstić information content (AvgIpc) is 3.01. The van der Waals surface area contributed by atoms with E-state index < -0.39 is 0 Å². The predicted molar refractivity (Wildman–Crippen MR) is 80.3 cm³/mol. The molecule has 118 valence electrons. The number of hydrogen-bond acceptors (Lipinski definition) is 5. The topological polar surface area (TPSA) is 84.6 Å². The van der Waals surface area contributed by atoms with Crippen LogP contribution in [0.3, 0.4) is 0 Å². The number of nitrogens with zero attached hydrogens (tertiary/aromatic N) is 1. The Hall–Kier alpha value is -2.18. The van der Waals surface area contributed by atoms with E-state index in [1.165, 1.54) is 0 Å². The number of methoxy groups -OCH3 is 1. The van der Waals surface area contributed by atoms with Gasteiger partial charge in [0.2, 0.25) is 0 Å². The van der Waals surface area contributed by atoms with Crippen molar-refractivity contribution in [3.05, 3.63) is 53.7 Å². The summed E-state index contributed by atoms with van der Waals surface area (Å²) in [5, 5.41) is 12.2. The Labute approximate surface area is 129 Å². The lowest BCUT2D eigenvalue weighted by Crippen LogP contribution is -2.31. The maximum absolute atomic E-state index is 12.0. The standard InChI is InChI=1S/C16H20N2O4/c1-21-11-14-5-6-15(22-14)16(20)18-9-12(10-19)8-13-4-2-3-7-17-13/h2-7,12,19H,8-11H2,1H3,(H,18,20). The molecule has 1 atom stereocenters. The zero-order valence-corrected chi connectivity index (χ0v) is 12.5. The number of carbonyl (C=O) groups is 1. The summed E-state index contributed by atoms with van der Waals surface area (Å²) in [4.78, 5) is 16.2. The van der Waals surface area contributed by atoms with Crippen LogP contribution in [0.2, 0.25) is 0 Å². The van der Waals surface area contributed by atoms with Gasteiger partial charge in [0.05, 0.1) is 0 Å². The fourth-order valence-electron chi connectivity index (χ4n) is 2.06. The minimum absolute atomic E-state index is 0.0239. The molecule has 0 spiro atoms. The van der Waals surface area contributed by atoms with E-state index >= 15 is 0 Å². The van der Waals surface area contributed by atoms with Gasteiger partial charge in [-0.05, 0) is 30.7 Å². The molecule has 0 fully saturated rings. The first-order valence-electron chi connectivity index (χ1n) is 7.09. The van der Waals surface area contributed by atoms with Gasteiger partial charge in [0.15, 0.2) is 5.76 Å². The third-order valence-corrected chi connectivity index (χ3v) is 3.21. The van der Waals surface area contributed by atoms with E-state index in [4.69, 9.17) is 9.15 Å². The molecule has 0 saturated carbocycles. The summed E-state index contributed by atoms with van der Waals surface area (Å²) >= 11 is 0. The zero-order chi connectivity index (χ0) is 15.8. The molecule has 1 unspecified atom stereocenters. The maximum atomic E-state index is 12.0. The molecule has 22 heavy (non-hydrogen) atoms. The molecule has 6 heteroatoms. The first-order chi connectivity index (χ1) is 10.7. The van der Waals surface area contributed by atoms with E-state index in [-0.39, 0.29) is 24.2 Å². The second-order valence-corrected chi connectivity index (χ2v) is 4.98. The number of nitrogens with one attached hydrogen (secondary N) is 1. The summed E-state index contributed by atoms with van der Waals surface area (Å²) < 4.78 is 10.3. The number of carbonyl (C=O) groups excluding carboxylic acids is 1. The fourth-order valence-corrected chi connectivity index (χ4v) is 2.06. The summed E-state index contributed by atoms with van der Waals surface area (Å²) in [5.74, 6) is 0.440. The predicted octanol–water partition coefficient (Wildman–Crippen LogP) is 1.40. The van der Waals surface area contributed by atoms with Crippen LogP contribution in [0.15, 0.2) is 40.9 Å². The lowest BCUT2D eigenvalue weighted by Gasteiger charge is -2.14. The molecule has 0 radical (unpaired) electrons. The highest BCUT2D eigenvalue weighted by atomic mass is 16.5. The van der Waals surface area contributed by atoms with Crippen molar-refractivity contribution in [3.8, 4) is 0 Å². The van der Waals surface area contributed by atoms with Gasteiger partial charge in [0.1, 0.15) is 12.4 Å². The summed E-state index contributed by atoms with van der Waals surface area (Å²) in [5.41, 5.74) is 0.885. The van der Waals surface area contributed by atoms with Gasteiger partial charge >= 0.3 is 0 Å². The summed E-state index contributed by atoms with van der Waals surface area (Å²) in [6, 6.07) is 8.95. The van der Waals surface area contributed by atoms with Gasteiger partial charge in [-0.15, -0.1) is 0 Å². The van der Waals surface area contributed by atoms with Crippen LogP contribution in [0.25, 0.3) is 0 Å². The van der Waals surface area contributed by atoms with Gasteiger partial charge < -0.3 is 19.6 Å². The number of hydrogen-bond donors (Lipinski definition) is 2. The van der Waals surface area contributed by atoms with Crippen molar-refractivity contribution in [3.63, 3.8) is 0 Å². The number of aromatic nitrogens is 1.